The quantitative estimate of drug-likeness (QED) is 0.646. The van der Waals surface area contributed by atoms with Crippen LogP contribution in [0.1, 0.15) is 5.69 Å². The molecule has 3 aromatic heterocycles. The molecule has 0 atom stereocenters. The van der Waals surface area contributed by atoms with Gasteiger partial charge in [-0.1, -0.05) is 5.16 Å². The molecule has 1 saturated heterocycles. The fourth-order valence-corrected chi connectivity index (χ4v) is 3.23. The highest BCUT2D eigenvalue weighted by Crippen LogP contribution is 2.13. The molecule has 140 valence electrons. The molecule has 27 heavy (non-hydrogen) atoms. The van der Waals surface area contributed by atoms with Crippen LogP contribution >= 0.6 is 0 Å². The van der Waals surface area contributed by atoms with Gasteiger partial charge in [0.2, 0.25) is 0 Å². The molecular weight excluding hydrogens is 344 g/mol. The molecule has 0 amide bonds. The third-order valence-electron chi connectivity index (χ3n) is 4.79. The Labute approximate surface area is 157 Å². The largest absolute Gasteiger partial charge is 0.364 e. The smallest absolute Gasteiger partial charge is 0.266 e. The van der Waals surface area contributed by atoms with E-state index in [1.54, 1.807) is 35.5 Å². The van der Waals surface area contributed by atoms with Crippen molar-refractivity contribution in [1.82, 2.24) is 29.7 Å². The lowest BCUT2D eigenvalue weighted by Crippen LogP contribution is -2.47. The van der Waals surface area contributed by atoms with Gasteiger partial charge in [-0.3, -0.25) is 19.6 Å². The van der Waals surface area contributed by atoms with Gasteiger partial charge in [0, 0.05) is 69.4 Å². The fraction of sp³-hybridized carbons (Fsp3) is 0.368. The molecule has 0 unspecified atom stereocenters. The van der Waals surface area contributed by atoms with Crippen molar-refractivity contribution in [3.8, 4) is 11.3 Å². The van der Waals surface area contributed by atoms with Crippen molar-refractivity contribution in [3.05, 3.63) is 65.0 Å². The van der Waals surface area contributed by atoms with E-state index >= 15 is 0 Å². The number of pyridine rings is 1. The fourth-order valence-electron chi connectivity index (χ4n) is 3.23. The van der Waals surface area contributed by atoms with Gasteiger partial charge in [-0.15, -0.1) is 0 Å². The van der Waals surface area contributed by atoms with E-state index in [1.165, 1.54) is 0 Å². The summed E-state index contributed by atoms with van der Waals surface area (Å²) in [5, 5.41) is 8.47. The minimum absolute atomic E-state index is 0.0766. The third kappa shape index (κ3) is 4.47. The first-order valence-corrected chi connectivity index (χ1v) is 9.10. The summed E-state index contributed by atoms with van der Waals surface area (Å²) < 4.78 is 6.43. The van der Waals surface area contributed by atoms with E-state index in [-0.39, 0.29) is 5.56 Å². The minimum atomic E-state index is -0.0766. The normalized spacial score (nSPS) is 15.9. The molecule has 0 spiro atoms. The minimum Gasteiger partial charge on any atom is -0.364 e. The molecule has 3 aromatic rings. The monoisotopic (exact) mass is 366 g/mol. The summed E-state index contributed by atoms with van der Waals surface area (Å²) in [5.74, 6) is 0. The van der Waals surface area contributed by atoms with Crippen LogP contribution in [0.3, 0.4) is 0 Å². The number of hydrogen-bond donors (Lipinski definition) is 0. The standard InChI is InChI=1S/C19H22N6O2/c26-19-4-3-18(16-2-1-6-20-14-16)21-25(19)12-11-23-7-9-24(10-8-23)15-17-5-13-27-22-17/h1-6,13-14H,7-12,15H2. The van der Waals surface area contributed by atoms with Gasteiger partial charge in [0.15, 0.2) is 0 Å². The molecule has 8 nitrogen and oxygen atoms in total. The highest BCUT2D eigenvalue weighted by Gasteiger charge is 2.18. The Morgan fingerprint density at radius 3 is 2.59 bits per heavy atom. The molecule has 0 N–H and O–H groups in total. The second-order valence-corrected chi connectivity index (χ2v) is 6.63. The van der Waals surface area contributed by atoms with Crippen LogP contribution in [0, 0.1) is 0 Å². The van der Waals surface area contributed by atoms with Gasteiger partial charge in [-0.25, -0.2) is 4.68 Å². The lowest BCUT2D eigenvalue weighted by atomic mass is 10.2. The topological polar surface area (TPSA) is 80.3 Å². The second kappa shape index (κ2) is 8.24. The summed E-state index contributed by atoms with van der Waals surface area (Å²) >= 11 is 0. The molecule has 1 aliphatic heterocycles. The van der Waals surface area contributed by atoms with Gasteiger partial charge in [-0.2, -0.15) is 5.10 Å². The summed E-state index contributed by atoms with van der Waals surface area (Å²) in [6, 6.07) is 9.03. The Kier molecular flexibility index (Phi) is 5.36. The number of nitrogens with zero attached hydrogens (tertiary/aromatic N) is 6. The maximum Gasteiger partial charge on any atom is 0.266 e. The summed E-state index contributed by atoms with van der Waals surface area (Å²) in [6.07, 6.45) is 5.09. The highest BCUT2D eigenvalue weighted by molar-refractivity contribution is 5.56. The Balaban J connectivity index is 1.32. The van der Waals surface area contributed by atoms with Crippen LogP contribution in [0.4, 0.5) is 0 Å². The van der Waals surface area contributed by atoms with Gasteiger partial charge in [-0.05, 0) is 18.2 Å². The van der Waals surface area contributed by atoms with Crippen LogP contribution in [0.25, 0.3) is 11.3 Å². The summed E-state index contributed by atoms with van der Waals surface area (Å²) in [6.45, 7) is 6.09. The van der Waals surface area contributed by atoms with Gasteiger partial charge in [0.05, 0.1) is 17.9 Å². The maximum absolute atomic E-state index is 12.1. The van der Waals surface area contributed by atoms with Crippen LogP contribution < -0.4 is 5.56 Å². The van der Waals surface area contributed by atoms with E-state index < -0.39 is 0 Å². The van der Waals surface area contributed by atoms with Crippen LogP contribution in [-0.4, -0.2) is 62.4 Å². The predicted octanol–water partition coefficient (Wildman–Crippen LogP) is 1.11. The zero-order valence-electron chi connectivity index (χ0n) is 15.1. The number of rotatable bonds is 6. The second-order valence-electron chi connectivity index (χ2n) is 6.63. The van der Waals surface area contributed by atoms with Crippen molar-refractivity contribution in [2.45, 2.75) is 13.1 Å². The summed E-state index contributed by atoms with van der Waals surface area (Å²) in [7, 11) is 0. The molecule has 0 aliphatic carbocycles. The third-order valence-corrected chi connectivity index (χ3v) is 4.79. The van der Waals surface area contributed by atoms with E-state index in [1.807, 2.05) is 18.2 Å². The average molecular weight is 366 g/mol. The molecular formula is C19H22N6O2. The molecule has 0 bridgehead atoms. The van der Waals surface area contributed by atoms with E-state index in [0.717, 1.165) is 56.2 Å². The van der Waals surface area contributed by atoms with E-state index in [9.17, 15) is 4.79 Å². The van der Waals surface area contributed by atoms with Gasteiger partial charge >= 0.3 is 0 Å². The molecule has 0 aromatic carbocycles. The van der Waals surface area contributed by atoms with Crippen molar-refractivity contribution >= 4 is 0 Å². The highest BCUT2D eigenvalue weighted by atomic mass is 16.5. The van der Waals surface area contributed by atoms with Crippen LogP contribution in [-0.2, 0) is 13.1 Å². The number of hydrogen-bond acceptors (Lipinski definition) is 7. The Morgan fingerprint density at radius 1 is 1.00 bits per heavy atom. The van der Waals surface area contributed by atoms with Gasteiger partial charge in [0.25, 0.3) is 5.56 Å². The van der Waals surface area contributed by atoms with Crippen LogP contribution in [0.2, 0.25) is 0 Å². The first kappa shape index (κ1) is 17.6. The first-order chi connectivity index (χ1) is 13.3. The average Bonchev–Trinajstić information content (AvgIpc) is 3.22. The zero-order valence-corrected chi connectivity index (χ0v) is 15.1. The zero-order chi connectivity index (χ0) is 18.5. The van der Waals surface area contributed by atoms with Gasteiger partial charge < -0.3 is 4.52 Å². The van der Waals surface area contributed by atoms with Crippen molar-refractivity contribution in [3.63, 3.8) is 0 Å². The SMILES string of the molecule is O=c1ccc(-c2cccnc2)nn1CCN1CCN(Cc2ccon2)CC1. The van der Waals surface area contributed by atoms with E-state index in [4.69, 9.17) is 4.52 Å². The predicted molar refractivity (Wildman–Crippen MR) is 99.9 cm³/mol. The van der Waals surface area contributed by atoms with E-state index in [2.05, 4.69) is 25.0 Å². The molecule has 0 saturated carbocycles. The Morgan fingerprint density at radius 2 is 1.85 bits per heavy atom. The van der Waals surface area contributed by atoms with Crippen molar-refractivity contribution in [1.29, 1.82) is 0 Å². The Bertz CT molecular complexity index is 901. The van der Waals surface area contributed by atoms with Crippen LogP contribution in [0.5, 0.6) is 0 Å². The van der Waals surface area contributed by atoms with Crippen LogP contribution in [0.15, 0.2) is 58.3 Å². The molecule has 1 fully saturated rings. The first-order valence-electron chi connectivity index (χ1n) is 9.10. The number of aromatic nitrogens is 4. The molecule has 8 heteroatoms. The molecule has 0 radical (unpaired) electrons. The lowest BCUT2D eigenvalue weighted by Gasteiger charge is -2.34. The maximum atomic E-state index is 12.1. The van der Waals surface area contributed by atoms with Crippen molar-refractivity contribution < 1.29 is 4.52 Å². The number of piperazine rings is 1. The lowest BCUT2D eigenvalue weighted by molar-refractivity contribution is 0.120. The molecule has 4 heterocycles. The van der Waals surface area contributed by atoms with E-state index in [0.29, 0.717) is 6.54 Å². The summed E-state index contributed by atoms with van der Waals surface area (Å²) in [5.41, 5.74) is 2.56. The molecule has 1 aliphatic rings. The van der Waals surface area contributed by atoms with Gasteiger partial charge in [0.1, 0.15) is 6.26 Å². The van der Waals surface area contributed by atoms with Crippen molar-refractivity contribution in [2.75, 3.05) is 32.7 Å². The van der Waals surface area contributed by atoms with Crippen molar-refractivity contribution in [2.24, 2.45) is 0 Å². The Hall–Kier alpha value is -2.84. The summed E-state index contributed by atoms with van der Waals surface area (Å²) in [4.78, 5) is 21.0. The molecule has 4 rings (SSSR count).